The summed E-state index contributed by atoms with van der Waals surface area (Å²) in [5, 5.41) is 9.40. The number of hydrogen-bond donors (Lipinski definition) is 0. The van der Waals surface area contributed by atoms with Gasteiger partial charge in [-0.15, -0.1) is 0 Å². The van der Waals surface area contributed by atoms with Crippen molar-refractivity contribution in [3.63, 3.8) is 0 Å². The third-order valence-electron chi connectivity index (χ3n) is 4.60. The van der Waals surface area contributed by atoms with E-state index in [1.54, 1.807) is 6.07 Å². The minimum atomic E-state index is 0.306. The quantitative estimate of drug-likeness (QED) is 0.655. The minimum absolute atomic E-state index is 0.306. The molecule has 0 amide bonds. The van der Waals surface area contributed by atoms with E-state index in [1.807, 2.05) is 37.3 Å². The van der Waals surface area contributed by atoms with Crippen molar-refractivity contribution in [1.82, 2.24) is 4.98 Å². The van der Waals surface area contributed by atoms with Crippen LogP contribution in [0.3, 0.4) is 0 Å². The normalized spacial score (nSPS) is 14.1. The number of aromatic nitrogens is 1. The van der Waals surface area contributed by atoms with Crippen LogP contribution < -0.4 is 9.64 Å². The number of oxazole rings is 1. The van der Waals surface area contributed by atoms with Gasteiger partial charge in [-0.05, 0) is 56.0 Å². The Balaban J connectivity index is 1.49. The van der Waals surface area contributed by atoms with Crippen LogP contribution in [0.15, 0.2) is 45.2 Å². The van der Waals surface area contributed by atoms with E-state index in [2.05, 4.69) is 16.0 Å². The van der Waals surface area contributed by atoms with E-state index in [9.17, 15) is 5.26 Å². The molecular formula is C21H21N3O3. The van der Waals surface area contributed by atoms with Gasteiger partial charge in [0.15, 0.2) is 5.76 Å². The molecule has 0 unspecified atom stereocenters. The summed E-state index contributed by atoms with van der Waals surface area (Å²) >= 11 is 0. The first-order valence-corrected chi connectivity index (χ1v) is 9.17. The second kappa shape index (κ2) is 7.58. The van der Waals surface area contributed by atoms with Gasteiger partial charge in [-0.3, -0.25) is 0 Å². The molecular weight excluding hydrogens is 342 g/mol. The predicted molar refractivity (Wildman–Crippen MR) is 100 cm³/mol. The Kier molecular flexibility index (Phi) is 4.84. The van der Waals surface area contributed by atoms with Gasteiger partial charge in [0.25, 0.3) is 5.89 Å². The number of ether oxygens (including phenoxy) is 1. The highest BCUT2D eigenvalue weighted by Gasteiger charge is 2.23. The van der Waals surface area contributed by atoms with Crippen LogP contribution in [0, 0.1) is 18.3 Å². The fourth-order valence-electron chi connectivity index (χ4n) is 3.23. The first-order chi connectivity index (χ1) is 13.2. The maximum atomic E-state index is 9.40. The summed E-state index contributed by atoms with van der Waals surface area (Å²) in [6.07, 6.45) is 3.41. The molecule has 0 atom stereocenters. The van der Waals surface area contributed by atoms with Crippen molar-refractivity contribution in [1.29, 1.82) is 5.26 Å². The van der Waals surface area contributed by atoms with Crippen molar-refractivity contribution < 1.29 is 13.6 Å². The first-order valence-electron chi connectivity index (χ1n) is 9.17. The van der Waals surface area contributed by atoms with Gasteiger partial charge >= 0.3 is 0 Å². The van der Waals surface area contributed by atoms with Gasteiger partial charge in [0, 0.05) is 13.1 Å². The minimum Gasteiger partial charge on any atom is -0.486 e. The summed E-state index contributed by atoms with van der Waals surface area (Å²) in [5.74, 6) is 2.83. The largest absolute Gasteiger partial charge is 0.486 e. The zero-order chi connectivity index (χ0) is 18.6. The highest BCUT2D eigenvalue weighted by molar-refractivity contribution is 5.56. The Morgan fingerprint density at radius 1 is 1.15 bits per heavy atom. The number of benzene rings is 1. The maximum Gasteiger partial charge on any atom is 0.266 e. The van der Waals surface area contributed by atoms with Crippen LogP contribution in [0.1, 0.15) is 36.3 Å². The summed E-state index contributed by atoms with van der Waals surface area (Å²) in [7, 11) is 0. The van der Waals surface area contributed by atoms with Crippen LogP contribution in [0.4, 0.5) is 5.88 Å². The fraction of sp³-hybridized carbons (Fsp3) is 0.333. The highest BCUT2D eigenvalue weighted by atomic mass is 16.5. The van der Waals surface area contributed by atoms with Crippen LogP contribution in [-0.2, 0) is 6.61 Å². The molecule has 1 aromatic carbocycles. The second-order valence-corrected chi connectivity index (χ2v) is 6.70. The zero-order valence-corrected chi connectivity index (χ0v) is 15.3. The summed E-state index contributed by atoms with van der Waals surface area (Å²) in [6, 6.07) is 13.6. The first kappa shape index (κ1) is 17.2. The third-order valence-corrected chi connectivity index (χ3v) is 4.60. The van der Waals surface area contributed by atoms with Gasteiger partial charge in [-0.1, -0.05) is 12.1 Å². The van der Waals surface area contributed by atoms with Crippen LogP contribution in [0.25, 0.3) is 11.7 Å². The second-order valence-electron chi connectivity index (χ2n) is 6.70. The number of furan rings is 1. The molecule has 27 heavy (non-hydrogen) atoms. The average molecular weight is 363 g/mol. The van der Waals surface area contributed by atoms with E-state index < -0.39 is 0 Å². The molecule has 0 saturated carbocycles. The van der Waals surface area contributed by atoms with Crippen LogP contribution in [0.2, 0.25) is 0 Å². The predicted octanol–water partition coefficient (Wildman–Crippen LogP) is 4.68. The summed E-state index contributed by atoms with van der Waals surface area (Å²) < 4.78 is 17.5. The van der Waals surface area contributed by atoms with E-state index in [1.165, 1.54) is 6.42 Å². The SMILES string of the molecule is Cc1cccc(OCc2ccc(-c3nc(C#N)c(N4CCCCC4)o3)o2)c1. The van der Waals surface area contributed by atoms with Gasteiger partial charge in [0.1, 0.15) is 24.2 Å². The Labute approximate surface area is 158 Å². The monoisotopic (exact) mass is 363 g/mol. The van der Waals surface area contributed by atoms with Gasteiger partial charge in [0.05, 0.1) is 0 Å². The standard InChI is InChI=1S/C21H21N3O3/c1-15-6-5-7-16(12-15)25-14-17-8-9-19(26-17)20-23-18(13-22)21(27-20)24-10-3-2-4-11-24/h5-9,12H,2-4,10-11,14H2,1H3. The lowest BCUT2D eigenvalue weighted by molar-refractivity contribution is 0.271. The lowest BCUT2D eigenvalue weighted by atomic mass is 10.1. The van der Waals surface area contributed by atoms with Crippen molar-refractivity contribution >= 4 is 5.88 Å². The Morgan fingerprint density at radius 3 is 2.78 bits per heavy atom. The molecule has 1 saturated heterocycles. The molecule has 0 spiro atoms. The molecule has 0 radical (unpaired) electrons. The molecule has 6 nitrogen and oxygen atoms in total. The van der Waals surface area contributed by atoms with Crippen molar-refractivity contribution in [3.05, 3.63) is 53.4 Å². The number of nitrogens with zero attached hydrogens (tertiary/aromatic N) is 3. The van der Waals surface area contributed by atoms with Gasteiger partial charge < -0.3 is 18.5 Å². The Hall–Kier alpha value is -3.20. The molecule has 3 aromatic rings. The van der Waals surface area contributed by atoms with Crippen molar-refractivity contribution in [2.45, 2.75) is 32.8 Å². The number of rotatable bonds is 5. The van der Waals surface area contributed by atoms with E-state index in [-0.39, 0.29) is 0 Å². The molecule has 138 valence electrons. The molecule has 6 heteroatoms. The van der Waals surface area contributed by atoms with Gasteiger partial charge in [-0.2, -0.15) is 10.2 Å². The van der Waals surface area contributed by atoms with Crippen LogP contribution in [-0.4, -0.2) is 18.1 Å². The molecule has 0 N–H and O–H groups in total. The molecule has 0 bridgehead atoms. The molecule has 0 aliphatic carbocycles. The molecule has 1 aliphatic rings. The van der Waals surface area contributed by atoms with Gasteiger partial charge in [-0.25, -0.2) is 0 Å². The lowest BCUT2D eigenvalue weighted by Gasteiger charge is -2.25. The summed E-state index contributed by atoms with van der Waals surface area (Å²) in [4.78, 5) is 6.40. The summed E-state index contributed by atoms with van der Waals surface area (Å²) in [6.45, 7) is 4.11. The van der Waals surface area contributed by atoms with Crippen LogP contribution in [0.5, 0.6) is 5.75 Å². The van der Waals surface area contributed by atoms with E-state index >= 15 is 0 Å². The number of piperidine rings is 1. The van der Waals surface area contributed by atoms with Crippen molar-refractivity contribution in [2.24, 2.45) is 0 Å². The number of aryl methyl sites for hydroxylation is 1. The lowest BCUT2D eigenvalue weighted by Crippen LogP contribution is -2.29. The highest BCUT2D eigenvalue weighted by Crippen LogP contribution is 2.31. The summed E-state index contributed by atoms with van der Waals surface area (Å²) in [5.41, 5.74) is 1.45. The Bertz CT molecular complexity index is 961. The smallest absolute Gasteiger partial charge is 0.266 e. The molecule has 3 heterocycles. The topological polar surface area (TPSA) is 75.4 Å². The molecule has 1 aliphatic heterocycles. The third kappa shape index (κ3) is 3.82. The van der Waals surface area contributed by atoms with Crippen molar-refractivity contribution in [3.8, 4) is 23.5 Å². The van der Waals surface area contributed by atoms with E-state index in [0.29, 0.717) is 35.6 Å². The van der Waals surface area contributed by atoms with Gasteiger partial charge in [0.2, 0.25) is 11.6 Å². The molecule has 2 aromatic heterocycles. The van der Waals surface area contributed by atoms with Crippen LogP contribution >= 0.6 is 0 Å². The van der Waals surface area contributed by atoms with E-state index in [4.69, 9.17) is 13.6 Å². The average Bonchev–Trinajstić information content (AvgIpc) is 3.34. The number of hydrogen-bond acceptors (Lipinski definition) is 6. The zero-order valence-electron chi connectivity index (χ0n) is 15.3. The Morgan fingerprint density at radius 2 is 2.00 bits per heavy atom. The van der Waals surface area contributed by atoms with E-state index in [0.717, 1.165) is 37.2 Å². The number of anilines is 1. The molecule has 1 fully saturated rings. The fourth-order valence-corrected chi connectivity index (χ4v) is 3.23. The number of nitriles is 1. The maximum absolute atomic E-state index is 9.40. The van der Waals surface area contributed by atoms with Crippen molar-refractivity contribution in [2.75, 3.05) is 18.0 Å². The molecule has 4 rings (SSSR count).